The van der Waals surface area contributed by atoms with Gasteiger partial charge in [0.1, 0.15) is 23.8 Å². The van der Waals surface area contributed by atoms with Crippen molar-refractivity contribution < 1.29 is 36.0 Å². The number of piperazine rings is 1. The minimum absolute atomic E-state index is 0.0101. The number of aromatic amines is 1. The summed E-state index contributed by atoms with van der Waals surface area (Å²) in [7, 11) is -7.81. The van der Waals surface area contributed by atoms with E-state index in [1.54, 1.807) is 24.4 Å². The molecular formula is C46H51ClN8O9S2. The fourth-order valence-corrected chi connectivity index (χ4v) is 11.5. The van der Waals surface area contributed by atoms with Gasteiger partial charge in [-0.15, -0.1) is 0 Å². The minimum Gasteiger partial charge on any atom is -0.489 e. The summed E-state index contributed by atoms with van der Waals surface area (Å²) in [6, 6.07) is 18.3. The van der Waals surface area contributed by atoms with Gasteiger partial charge in [-0.1, -0.05) is 43.2 Å². The Balaban J connectivity index is 0.931. The molecule has 0 spiro atoms. The molecule has 17 nitrogen and oxygen atoms in total. The number of sulfone groups is 1. The zero-order valence-corrected chi connectivity index (χ0v) is 39.0. The van der Waals surface area contributed by atoms with Crippen LogP contribution in [0.2, 0.25) is 5.02 Å². The lowest BCUT2D eigenvalue weighted by Crippen LogP contribution is -2.48. The molecule has 0 saturated carbocycles. The largest absolute Gasteiger partial charge is 0.489 e. The Labute approximate surface area is 388 Å². The van der Waals surface area contributed by atoms with Crippen LogP contribution in [0, 0.1) is 15.5 Å². The van der Waals surface area contributed by atoms with Gasteiger partial charge in [-0.05, 0) is 72.2 Å². The average Bonchev–Trinajstić information content (AvgIpc) is 3.76. The molecule has 3 N–H and O–H groups in total. The molecule has 1 aliphatic carbocycles. The van der Waals surface area contributed by atoms with Crippen LogP contribution in [0.5, 0.6) is 17.2 Å². The van der Waals surface area contributed by atoms with E-state index in [2.05, 4.69) is 55.8 Å². The van der Waals surface area contributed by atoms with E-state index in [0.29, 0.717) is 49.1 Å². The van der Waals surface area contributed by atoms with Crippen molar-refractivity contribution in [2.75, 3.05) is 80.7 Å². The number of H-pyrrole nitrogens is 1. The molecule has 0 bridgehead atoms. The number of anilines is 2. The minimum atomic E-state index is -4.71. The van der Waals surface area contributed by atoms with E-state index < -0.39 is 47.3 Å². The summed E-state index contributed by atoms with van der Waals surface area (Å²) in [6.07, 6.45) is 6.39. The van der Waals surface area contributed by atoms with Gasteiger partial charge in [0.25, 0.3) is 21.6 Å². The summed E-state index contributed by atoms with van der Waals surface area (Å²) in [5.74, 6) is -0.641. The first-order valence-electron chi connectivity index (χ1n) is 21.9. The van der Waals surface area contributed by atoms with Crippen molar-refractivity contribution in [1.29, 1.82) is 0 Å². The van der Waals surface area contributed by atoms with Crippen molar-refractivity contribution in [2.24, 2.45) is 5.41 Å². The molecule has 2 fully saturated rings. The lowest BCUT2D eigenvalue weighted by Gasteiger charge is -2.39. The van der Waals surface area contributed by atoms with Gasteiger partial charge in [0.15, 0.2) is 21.3 Å². The fraction of sp³-hybridized carbons (Fsp3) is 0.391. The zero-order valence-electron chi connectivity index (χ0n) is 36.6. The van der Waals surface area contributed by atoms with E-state index in [1.807, 2.05) is 23.1 Å². The van der Waals surface area contributed by atoms with Crippen molar-refractivity contribution in [2.45, 2.75) is 44.0 Å². The van der Waals surface area contributed by atoms with E-state index in [-0.39, 0.29) is 46.3 Å². The molecule has 66 heavy (non-hydrogen) atoms. The number of nitrogens with one attached hydrogen (secondary N) is 3. The molecule has 3 aliphatic heterocycles. The maximum atomic E-state index is 14.1. The number of amides is 1. The highest BCUT2D eigenvalue weighted by atomic mass is 35.5. The van der Waals surface area contributed by atoms with Gasteiger partial charge < -0.3 is 24.7 Å². The lowest BCUT2D eigenvalue weighted by molar-refractivity contribution is -0.384. The predicted octanol–water partition coefficient (Wildman–Crippen LogP) is 6.72. The number of benzene rings is 3. The van der Waals surface area contributed by atoms with Gasteiger partial charge in [0, 0.05) is 92.9 Å². The van der Waals surface area contributed by atoms with Gasteiger partial charge in [-0.3, -0.25) is 24.7 Å². The Hall–Kier alpha value is -5.73. The van der Waals surface area contributed by atoms with Crippen LogP contribution in [0.3, 0.4) is 0 Å². The Morgan fingerprint density at radius 1 is 1.02 bits per heavy atom. The van der Waals surface area contributed by atoms with E-state index in [1.165, 1.54) is 29.0 Å². The monoisotopic (exact) mass is 958 g/mol. The van der Waals surface area contributed by atoms with Crippen molar-refractivity contribution in [3.8, 4) is 17.2 Å². The molecule has 1 amide bonds. The van der Waals surface area contributed by atoms with Gasteiger partial charge >= 0.3 is 0 Å². The molecule has 20 heteroatoms. The van der Waals surface area contributed by atoms with Crippen LogP contribution < -0.4 is 24.4 Å². The second kappa shape index (κ2) is 18.2. The summed E-state index contributed by atoms with van der Waals surface area (Å²) >= 11 is 6.24. The smallest absolute Gasteiger partial charge is 0.297 e. The van der Waals surface area contributed by atoms with Gasteiger partial charge in [0.05, 0.1) is 39.1 Å². The van der Waals surface area contributed by atoms with Crippen molar-refractivity contribution >= 4 is 71.0 Å². The van der Waals surface area contributed by atoms with Crippen LogP contribution in [0.15, 0.2) is 89.6 Å². The highest BCUT2D eigenvalue weighted by Crippen LogP contribution is 2.44. The third kappa shape index (κ3) is 10.1. The molecular weight excluding hydrogens is 908 g/mol. The van der Waals surface area contributed by atoms with Gasteiger partial charge in [0.2, 0.25) is 0 Å². The van der Waals surface area contributed by atoms with Crippen LogP contribution in [-0.4, -0.2) is 124 Å². The van der Waals surface area contributed by atoms with Crippen molar-refractivity contribution in [3.05, 3.63) is 111 Å². The van der Waals surface area contributed by atoms with Crippen LogP contribution in [0.25, 0.3) is 16.6 Å². The molecule has 2 aromatic heterocycles. The number of nitro benzene ring substituents is 1. The van der Waals surface area contributed by atoms with Crippen LogP contribution in [0.1, 0.15) is 49.0 Å². The molecule has 9 rings (SSSR count). The topological polar surface area (TPSA) is 209 Å². The van der Waals surface area contributed by atoms with E-state index in [0.717, 1.165) is 62.1 Å². The fourth-order valence-electron chi connectivity index (χ4n) is 9.13. The molecule has 348 valence electrons. The number of hydrogen-bond acceptors (Lipinski definition) is 14. The molecule has 4 aliphatic rings. The highest BCUT2D eigenvalue weighted by Gasteiger charge is 2.34. The van der Waals surface area contributed by atoms with Gasteiger partial charge in [-0.2, -0.15) is 0 Å². The van der Waals surface area contributed by atoms with Crippen LogP contribution in [0.4, 0.5) is 17.1 Å². The summed E-state index contributed by atoms with van der Waals surface area (Å²) < 4.78 is 65.9. The molecule has 1 atom stereocenters. The second-order valence-corrected chi connectivity index (χ2v) is 22.6. The zero-order chi connectivity index (χ0) is 46.4. The molecule has 5 aromatic rings. The second-order valence-electron chi connectivity index (χ2n) is 18.2. The number of ether oxygens (including phenoxy) is 2. The number of carbonyl (C=O) groups excluding carboxylic acids is 1. The molecule has 3 aromatic carbocycles. The van der Waals surface area contributed by atoms with E-state index in [9.17, 15) is 31.7 Å². The Morgan fingerprint density at radius 3 is 2.52 bits per heavy atom. The van der Waals surface area contributed by atoms with Crippen LogP contribution >= 0.6 is 11.6 Å². The van der Waals surface area contributed by atoms with Gasteiger partial charge in [-0.25, -0.2) is 26.5 Å². The van der Waals surface area contributed by atoms with Crippen LogP contribution in [-0.2, 0) is 19.9 Å². The first kappa shape index (κ1) is 45.4. The Morgan fingerprint density at radius 2 is 1.77 bits per heavy atom. The number of nitro groups is 1. The van der Waals surface area contributed by atoms with E-state index >= 15 is 0 Å². The number of rotatable bonds is 12. The quantitative estimate of drug-likeness (QED) is 0.0876. The number of fused-ring (bicyclic) bond motifs is 2. The SMILES string of the molecule is CC1(C)CCC(CN2CCN(c3ccc(C(=O)NS(=O)(=O)c4cc5c(c([N+](=O)[O-])c4)N[C@H](CN4CCS(=O)(=O)CC4)CO5)c(Oc4cnc5[nH]ccc5c4)c3)CC2)=C(c2ccc(Cl)cc2)C1. The first-order chi connectivity index (χ1) is 31.5. The first-order valence-corrected chi connectivity index (χ1v) is 25.6. The normalized spacial score (nSPS) is 20.0. The van der Waals surface area contributed by atoms with Crippen molar-refractivity contribution in [3.63, 3.8) is 0 Å². The Bertz CT molecular complexity index is 2940. The molecule has 0 radical (unpaired) electrons. The number of nitrogens with zero attached hydrogens (tertiary/aromatic N) is 5. The number of allylic oxidation sites excluding steroid dienone is 1. The number of aromatic nitrogens is 2. The number of halogens is 1. The molecule has 5 heterocycles. The average molecular weight is 960 g/mol. The third-order valence-corrected chi connectivity index (χ3v) is 16.0. The standard InChI is InChI=1S/C46H51ClN8O9S2/c1-46(2)11-9-32(39(25-46)30-3-5-33(47)6-4-30)27-52-13-15-54(16-14-52)35-7-8-38(41(22-35)64-36-21-31-10-12-48-44(31)49-26-36)45(56)51-66(61,62)37-23-40(55(57)58)43-42(24-37)63-29-34(50-43)28-53-17-19-65(59,60)20-18-53/h3-8,10,12,21-24,26,34,50H,9,11,13-20,25,27-29H2,1-2H3,(H,48,49)(H,51,56)/t34-/m1/s1. The summed E-state index contributed by atoms with van der Waals surface area (Å²) in [6.45, 7) is 9.54. The van der Waals surface area contributed by atoms with E-state index in [4.69, 9.17) is 21.1 Å². The molecule has 0 unspecified atom stereocenters. The highest BCUT2D eigenvalue weighted by molar-refractivity contribution is 7.91. The summed E-state index contributed by atoms with van der Waals surface area (Å²) in [5.41, 5.74) is 5.03. The number of pyridine rings is 1. The maximum Gasteiger partial charge on any atom is 0.297 e. The summed E-state index contributed by atoms with van der Waals surface area (Å²) in [5, 5.41) is 16.9. The third-order valence-electron chi connectivity index (χ3n) is 12.8. The maximum absolute atomic E-state index is 14.1. The number of sulfonamides is 1. The number of carbonyl (C=O) groups is 1. The lowest BCUT2D eigenvalue weighted by atomic mass is 9.72. The number of hydrogen-bond donors (Lipinski definition) is 3. The predicted molar refractivity (Wildman–Crippen MR) is 253 cm³/mol. The Kier molecular flexibility index (Phi) is 12.5. The summed E-state index contributed by atoms with van der Waals surface area (Å²) in [4.78, 5) is 39.2. The molecule has 2 saturated heterocycles. The van der Waals surface area contributed by atoms with Crippen molar-refractivity contribution in [1.82, 2.24) is 24.5 Å².